The Kier molecular flexibility index (Phi) is 4.21. The van der Waals surface area contributed by atoms with E-state index in [9.17, 15) is 4.79 Å². The first kappa shape index (κ1) is 13.4. The number of nitrogens with one attached hydrogen (secondary N) is 2. The maximum atomic E-state index is 11.6. The van der Waals surface area contributed by atoms with Gasteiger partial charge in [-0.15, -0.1) is 0 Å². The highest BCUT2D eigenvalue weighted by Crippen LogP contribution is 2.26. The van der Waals surface area contributed by atoms with E-state index in [2.05, 4.69) is 39.8 Å². The fraction of sp³-hybridized carbons (Fsp3) is 0.562. The lowest BCUT2D eigenvalue weighted by atomic mass is 9.90. The Bertz CT molecular complexity index is 469. The summed E-state index contributed by atoms with van der Waals surface area (Å²) < 4.78 is 0. The first-order valence-electron chi connectivity index (χ1n) is 7.63. The van der Waals surface area contributed by atoms with Gasteiger partial charge in [0, 0.05) is 18.8 Å². The van der Waals surface area contributed by atoms with Crippen molar-refractivity contribution >= 4 is 11.6 Å². The van der Waals surface area contributed by atoms with E-state index < -0.39 is 0 Å². The lowest BCUT2D eigenvalue weighted by Gasteiger charge is -2.31. The molecule has 0 aliphatic carbocycles. The molecule has 0 radical (unpaired) electrons. The largest absolute Gasteiger partial charge is 0.360 e. The highest BCUT2D eigenvalue weighted by molar-refractivity contribution is 5.83. The average Bonchev–Trinajstić information content (AvgIpc) is 2.49. The summed E-state index contributed by atoms with van der Waals surface area (Å²) in [5.41, 5.74) is 2.65. The van der Waals surface area contributed by atoms with Gasteiger partial charge in [0.1, 0.15) is 0 Å². The Morgan fingerprint density at radius 1 is 1.15 bits per heavy atom. The molecule has 0 saturated carbocycles. The molecule has 2 N–H and O–H groups in total. The van der Waals surface area contributed by atoms with Crippen molar-refractivity contribution in [2.45, 2.75) is 19.3 Å². The monoisotopic (exact) mass is 273 g/mol. The third-order valence-corrected chi connectivity index (χ3v) is 4.34. The van der Waals surface area contributed by atoms with Gasteiger partial charge in [0.2, 0.25) is 5.91 Å². The summed E-state index contributed by atoms with van der Waals surface area (Å²) in [7, 11) is 0. The Hall–Kier alpha value is -1.55. The fourth-order valence-corrected chi connectivity index (χ4v) is 3.23. The molecule has 1 aromatic carbocycles. The van der Waals surface area contributed by atoms with Crippen LogP contribution in [0.15, 0.2) is 24.3 Å². The van der Waals surface area contributed by atoms with Crippen LogP contribution in [0.3, 0.4) is 0 Å². The van der Waals surface area contributed by atoms with Gasteiger partial charge in [0.25, 0.3) is 0 Å². The standard InChI is InChI=1S/C16H23N3O/c20-16-12-19(10-9-18-16)15-4-2-1-3-14(15)11-13-5-7-17-8-6-13/h1-4,13,17H,5-12H2,(H,18,20). The van der Waals surface area contributed by atoms with Gasteiger partial charge in [-0.2, -0.15) is 0 Å². The molecule has 3 rings (SSSR count). The number of amides is 1. The number of rotatable bonds is 3. The van der Waals surface area contributed by atoms with E-state index in [0.29, 0.717) is 6.54 Å². The lowest BCUT2D eigenvalue weighted by molar-refractivity contribution is -0.120. The lowest BCUT2D eigenvalue weighted by Crippen LogP contribution is -2.48. The number of piperazine rings is 1. The van der Waals surface area contributed by atoms with E-state index in [0.717, 1.165) is 38.5 Å². The van der Waals surface area contributed by atoms with E-state index in [-0.39, 0.29) is 5.91 Å². The van der Waals surface area contributed by atoms with Crippen LogP contribution in [0.1, 0.15) is 18.4 Å². The third-order valence-electron chi connectivity index (χ3n) is 4.34. The molecule has 4 nitrogen and oxygen atoms in total. The number of carbonyl (C=O) groups excluding carboxylic acids is 1. The van der Waals surface area contributed by atoms with Crippen LogP contribution in [0.25, 0.3) is 0 Å². The minimum atomic E-state index is 0.132. The number of anilines is 1. The maximum Gasteiger partial charge on any atom is 0.239 e. The van der Waals surface area contributed by atoms with Crippen molar-refractivity contribution in [3.05, 3.63) is 29.8 Å². The molecule has 0 unspecified atom stereocenters. The van der Waals surface area contributed by atoms with Crippen molar-refractivity contribution in [1.82, 2.24) is 10.6 Å². The van der Waals surface area contributed by atoms with Crippen LogP contribution in [-0.2, 0) is 11.2 Å². The minimum Gasteiger partial charge on any atom is -0.360 e. The summed E-state index contributed by atoms with van der Waals surface area (Å²) in [6.45, 7) is 4.43. The minimum absolute atomic E-state index is 0.132. The predicted molar refractivity (Wildman–Crippen MR) is 81.0 cm³/mol. The van der Waals surface area contributed by atoms with Crippen molar-refractivity contribution in [2.75, 3.05) is 37.6 Å². The van der Waals surface area contributed by atoms with Gasteiger partial charge in [-0.1, -0.05) is 18.2 Å². The van der Waals surface area contributed by atoms with Crippen LogP contribution < -0.4 is 15.5 Å². The van der Waals surface area contributed by atoms with Crippen LogP contribution >= 0.6 is 0 Å². The predicted octanol–water partition coefficient (Wildman–Crippen LogP) is 1.16. The number of hydrogen-bond donors (Lipinski definition) is 2. The van der Waals surface area contributed by atoms with Crippen LogP contribution in [0.2, 0.25) is 0 Å². The molecule has 0 bridgehead atoms. The molecule has 108 valence electrons. The molecule has 1 aromatic rings. The van der Waals surface area contributed by atoms with E-state index >= 15 is 0 Å². The summed E-state index contributed by atoms with van der Waals surface area (Å²) in [4.78, 5) is 13.8. The molecular formula is C16H23N3O. The summed E-state index contributed by atoms with van der Waals surface area (Å²) in [5, 5.41) is 6.31. The highest BCUT2D eigenvalue weighted by atomic mass is 16.2. The average molecular weight is 273 g/mol. The molecule has 0 aromatic heterocycles. The quantitative estimate of drug-likeness (QED) is 0.869. The number of hydrogen-bond acceptors (Lipinski definition) is 3. The normalized spacial score (nSPS) is 20.8. The SMILES string of the molecule is O=C1CN(c2ccccc2CC2CCNCC2)CCN1. The Labute approximate surface area is 120 Å². The van der Waals surface area contributed by atoms with Crippen LogP contribution in [0.5, 0.6) is 0 Å². The van der Waals surface area contributed by atoms with Crippen molar-refractivity contribution in [3.63, 3.8) is 0 Å². The smallest absolute Gasteiger partial charge is 0.239 e. The zero-order valence-electron chi connectivity index (χ0n) is 11.9. The second-order valence-corrected chi connectivity index (χ2v) is 5.80. The molecule has 1 amide bonds. The number of carbonyl (C=O) groups is 1. The molecule has 2 aliphatic rings. The second-order valence-electron chi connectivity index (χ2n) is 5.80. The van der Waals surface area contributed by atoms with Gasteiger partial charge < -0.3 is 15.5 Å². The Morgan fingerprint density at radius 2 is 1.95 bits per heavy atom. The van der Waals surface area contributed by atoms with E-state index in [1.54, 1.807) is 0 Å². The molecule has 0 atom stereocenters. The zero-order valence-corrected chi connectivity index (χ0v) is 11.9. The summed E-state index contributed by atoms with van der Waals surface area (Å²) in [6, 6.07) is 8.58. The summed E-state index contributed by atoms with van der Waals surface area (Å²) in [6.07, 6.45) is 3.65. The Balaban J connectivity index is 1.75. The van der Waals surface area contributed by atoms with Crippen LogP contribution in [0.4, 0.5) is 5.69 Å². The van der Waals surface area contributed by atoms with E-state index in [4.69, 9.17) is 0 Å². The van der Waals surface area contributed by atoms with E-state index in [1.165, 1.54) is 24.1 Å². The third kappa shape index (κ3) is 3.12. The zero-order chi connectivity index (χ0) is 13.8. The van der Waals surface area contributed by atoms with Crippen LogP contribution in [-0.4, -0.2) is 38.6 Å². The van der Waals surface area contributed by atoms with Gasteiger partial charge in [-0.05, 0) is 49.9 Å². The van der Waals surface area contributed by atoms with Crippen molar-refractivity contribution in [1.29, 1.82) is 0 Å². The molecule has 2 fully saturated rings. The first-order valence-corrected chi connectivity index (χ1v) is 7.63. The topological polar surface area (TPSA) is 44.4 Å². The van der Waals surface area contributed by atoms with Gasteiger partial charge in [0.05, 0.1) is 6.54 Å². The fourth-order valence-electron chi connectivity index (χ4n) is 3.23. The maximum absolute atomic E-state index is 11.6. The molecule has 4 heteroatoms. The van der Waals surface area contributed by atoms with Crippen molar-refractivity contribution in [3.8, 4) is 0 Å². The van der Waals surface area contributed by atoms with E-state index in [1.807, 2.05) is 0 Å². The molecule has 2 heterocycles. The Morgan fingerprint density at radius 3 is 2.75 bits per heavy atom. The number of piperidine rings is 1. The van der Waals surface area contributed by atoms with Gasteiger partial charge >= 0.3 is 0 Å². The number of nitrogens with zero attached hydrogens (tertiary/aromatic N) is 1. The molecule has 20 heavy (non-hydrogen) atoms. The molecule has 2 saturated heterocycles. The van der Waals surface area contributed by atoms with Crippen LogP contribution in [0, 0.1) is 5.92 Å². The van der Waals surface area contributed by atoms with Crippen molar-refractivity contribution < 1.29 is 4.79 Å². The van der Waals surface area contributed by atoms with Gasteiger partial charge in [-0.3, -0.25) is 4.79 Å². The molecule has 0 spiro atoms. The summed E-state index contributed by atoms with van der Waals surface area (Å²) in [5.74, 6) is 0.906. The first-order chi connectivity index (χ1) is 9.83. The van der Waals surface area contributed by atoms with Gasteiger partial charge in [-0.25, -0.2) is 0 Å². The van der Waals surface area contributed by atoms with Gasteiger partial charge in [0.15, 0.2) is 0 Å². The number of para-hydroxylation sites is 1. The molecular weight excluding hydrogens is 250 g/mol. The molecule has 2 aliphatic heterocycles. The highest BCUT2D eigenvalue weighted by Gasteiger charge is 2.20. The summed E-state index contributed by atoms with van der Waals surface area (Å²) >= 11 is 0. The second kappa shape index (κ2) is 6.27. The van der Waals surface area contributed by atoms with Crippen molar-refractivity contribution in [2.24, 2.45) is 5.92 Å². The number of benzene rings is 1.